The number of rotatable bonds is 23. The van der Waals surface area contributed by atoms with Gasteiger partial charge >= 0.3 is 48.0 Å². The lowest BCUT2D eigenvalue weighted by atomic mass is 9.92. The Bertz CT molecular complexity index is 1530. The predicted octanol–water partition coefficient (Wildman–Crippen LogP) is 3.27. The number of hydrogen-bond acceptors (Lipinski definition) is 16. The van der Waals surface area contributed by atoms with Crippen molar-refractivity contribution in [3.05, 3.63) is 87.0 Å². The summed E-state index contributed by atoms with van der Waals surface area (Å²) in [6, 6.07) is 4.34. The van der Waals surface area contributed by atoms with Crippen LogP contribution in [0.2, 0.25) is 0 Å². The number of nitrogens with one attached hydrogen (secondary N) is 2. The SMILES string of the molecule is C=CC(=O)OCC(COC(=O)C=C)(COC(=O)C=C)COC(=O)Nc1ccc(C)c(NC(=O)OCC(COC(C)=O)(COC(=O)C=C)COC(=O)C=C)c1. The zero-order chi connectivity index (χ0) is 40.7. The summed E-state index contributed by atoms with van der Waals surface area (Å²) in [6.07, 6.45) is 2.24. The normalized spacial score (nSPS) is 10.5. The monoisotopic (exact) mass is 758 g/mol. The Morgan fingerprint density at radius 1 is 0.519 bits per heavy atom. The van der Waals surface area contributed by atoms with Crippen LogP contribution in [0.4, 0.5) is 21.0 Å². The second kappa shape index (κ2) is 23.0. The third-order valence-electron chi connectivity index (χ3n) is 6.76. The molecule has 2 N–H and O–H groups in total. The van der Waals surface area contributed by atoms with E-state index in [4.69, 9.17) is 37.9 Å². The highest BCUT2D eigenvalue weighted by atomic mass is 16.6. The van der Waals surface area contributed by atoms with Crippen LogP contribution in [-0.4, -0.2) is 101 Å². The zero-order valence-corrected chi connectivity index (χ0v) is 29.8. The van der Waals surface area contributed by atoms with Crippen molar-refractivity contribution in [2.24, 2.45) is 10.8 Å². The third-order valence-corrected chi connectivity index (χ3v) is 6.76. The average molecular weight is 759 g/mol. The summed E-state index contributed by atoms with van der Waals surface area (Å²) in [4.78, 5) is 96.6. The van der Waals surface area contributed by atoms with Gasteiger partial charge in [0.25, 0.3) is 0 Å². The lowest BCUT2D eigenvalue weighted by molar-refractivity contribution is -0.162. The van der Waals surface area contributed by atoms with Gasteiger partial charge in [-0.1, -0.05) is 39.0 Å². The highest BCUT2D eigenvalue weighted by Crippen LogP contribution is 2.25. The molecule has 0 fully saturated rings. The minimum absolute atomic E-state index is 0.109. The summed E-state index contributed by atoms with van der Waals surface area (Å²) < 4.78 is 41.3. The third kappa shape index (κ3) is 17.0. The summed E-state index contributed by atoms with van der Waals surface area (Å²) >= 11 is 0. The van der Waals surface area contributed by atoms with Crippen LogP contribution in [0.15, 0.2) is 81.5 Å². The predicted molar refractivity (Wildman–Crippen MR) is 188 cm³/mol. The van der Waals surface area contributed by atoms with Crippen LogP contribution >= 0.6 is 0 Å². The summed E-state index contributed by atoms with van der Waals surface area (Å²) in [7, 11) is 0. The van der Waals surface area contributed by atoms with E-state index in [2.05, 4.69) is 43.5 Å². The number of carbonyl (C=O) groups is 8. The van der Waals surface area contributed by atoms with Crippen LogP contribution in [0, 0.1) is 17.8 Å². The summed E-state index contributed by atoms with van der Waals surface area (Å²) in [5, 5.41) is 4.94. The first-order chi connectivity index (χ1) is 25.5. The van der Waals surface area contributed by atoms with E-state index in [9.17, 15) is 38.4 Å². The Kier molecular flexibility index (Phi) is 19.3. The van der Waals surface area contributed by atoms with Crippen molar-refractivity contribution in [1.82, 2.24) is 0 Å². The van der Waals surface area contributed by atoms with E-state index in [0.717, 1.165) is 37.3 Å². The standard InChI is InChI=1S/C36H42N2O16/c1-8-28(40)48-17-35(16-47-25(7)39,18-49-29(41)9-2)22-54-34(46)38-27-15-26(14-13-24(27)6)37-33(45)53-23-36(19-50-30(42)10-3,20-51-31(43)11-4)21-52-32(44)12-5/h8-15H,1-5,16-23H2,6-7H3,(H,37,45)(H,38,46). The smallest absolute Gasteiger partial charge is 0.411 e. The first-order valence-electron chi connectivity index (χ1n) is 15.6. The van der Waals surface area contributed by atoms with Crippen molar-refractivity contribution in [2.45, 2.75) is 13.8 Å². The second-order valence-corrected chi connectivity index (χ2v) is 11.3. The van der Waals surface area contributed by atoms with Gasteiger partial charge in [0.15, 0.2) is 0 Å². The molecule has 0 radical (unpaired) electrons. The lowest BCUT2D eigenvalue weighted by Crippen LogP contribution is -2.44. The summed E-state index contributed by atoms with van der Waals surface area (Å²) in [5.74, 6) is -5.02. The van der Waals surface area contributed by atoms with Crippen molar-refractivity contribution < 1.29 is 76.3 Å². The lowest BCUT2D eigenvalue weighted by Gasteiger charge is -2.31. The Balaban J connectivity index is 3.18. The Hall–Kier alpha value is -6.72. The fourth-order valence-corrected chi connectivity index (χ4v) is 3.74. The van der Waals surface area contributed by atoms with Gasteiger partial charge in [0.2, 0.25) is 0 Å². The molecule has 18 nitrogen and oxygen atoms in total. The second-order valence-electron chi connectivity index (χ2n) is 11.3. The summed E-state index contributed by atoms with van der Waals surface area (Å²) in [6.45, 7) is 14.9. The van der Waals surface area contributed by atoms with E-state index in [0.29, 0.717) is 5.56 Å². The highest BCUT2D eigenvalue weighted by molar-refractivity contribution is 5.90. The molecule has 1 rings (SSSR count). The van der Waals surface area contributed by atoms with Gasteiger partial charge in [0, 0.05) is 48.7 Å². The molecule has 292 valence electrons. The van der Waals surface area contributed by atoms with Crippen molar-refractivity contribution >= 4 is 59.4 Å². The zero-order valence-electron chi connectivity index (χ0n) is 29.8. The first-order valence-corrected chi connectivity index (χ1v) is 15.6. The minimum Gasteiger partial charge on any atom is -0.465 e. The van der Waals surface area contributed by atoms with E-state index in [1.54, 1.807) is 6.92 Å². The Morgan fingerprint density at radius 2 is 0.833 bits per heavy atom. The van der Waals surface area contributed by atoms with Crippen LogP contribution in [0.3, 0.4) is 0 Å². The molecular formula is C36H42N2O16. The van der Waals surface area contributed by atoms with E-state index in [1.807, 2.05) is 0 Å². The maximum atomic E-state index is 13.0. The highest BCUT2D eigenvalue weighted by Gasteiger charge is 2.39. The molecule has 0 saturated heterocycles. The molecule has 0 aromatic heterocycles. The number of aryl methyl sites for hydroxylation is 1. The molecule has 0 spiro atoms. The molecular weight excluding hydrogens is 716 g/mol. The van der Waals surface area contributed by atoms with Gasteiger partial charge in [-0.2, -0.15) is 0 Å². The quantitative estimate of drug-likeness (QED) is 0.0926. The number of benzene rings is 1. The molecule has 0 bridgehead atoms. The van der Waals surface area contributed by atoms with Crippen molar-refractivity contribution in [2.75, 3.05) is 63.5 Å². The van der Waals surface area contributed by atoms with E-state index in [-0.39, 0.29) is 11.4 Å². The Morgan fingerprint density at radius 3 is 1.17 bits per heavy atom. The van der Waals surface area contributed by atoms with Gasteiger partial charge in [-0.15, -0.1) is 0 Å². The van der Waals surface area contributed by atoms with Crippen LogP contribution < -0.4 is 10.6 Å². The number of carbonyl (C=O) groups excluding carboxylic acids is 8. The minimum atomic E-state index is -1.59. The molecule has 0 aliphatic carbocycles. The van der Waals surface area contributed by atoms with Gasteiger partial charge < -0.3 is 37.9 Å². The number of ether oxygens (including phenoxy) is 8. The molecule has 1 aromatic carbocycles. The first kappa shape index (κ1) is 45.3. The van der Waals surface area contributed by atoms with Crippen LogP contribution in [0.25, 0.3) is 0 Å². The van der Waals surface area contributed by atoms with Crippen LogP contribution in [0.1, 0.15) is 12.5 Å². The molecule has 0 unspecified atom stereocenters. The van der Waals surface area contributed by atoms with E-state index < -0.39 is 112 Å². The van der Waals surface area contributed by atoms with Crippen molar-refractivity contribution in [1.29, 1.82) is 0 Å². The van der Waals surface area contributed by atoms with Gasteiger partial charge in [-0.25, -0.2) is 33.6 Å². The molecule has 0 atom stereocenters. The largest absolute Gasteiger partial charge is 0.465 e. The summed E-state index contributed by atoms with van der Waals surface area (Å²) in [5.41, 5.74) is -2.37. The molecule has 0 heterocycles. The van der Waals surface area contributed by atoms with Crippen molar-refractivity contribution in [3.8, 4) is 0 Å². The van der Waals surface area contributed by atoms with E-state index in [1.165, 1.54) is 18.2 Å². The fraction of sp³-hybridized carbons (Fsp3) is 0.333. The van der Waals surface area contributed by atoms with Crippen LogP contribution in [-0.2, 0) is 66.7 Å². The van der Waals surface area contributed by atoms with Crippen molar-refractivity contribution in [3.63, 3.8) is 0 Å². The molecule has 18 heteroatoms. The molecule has 54 heavy (non-hydrogen) atoms. The maximum Gasteiger partial charge on any atom is 0.411 e. The Labute approximate surface area is 310 Å². The maximum absolute atomic E-state index is 13.0. The molecule has 0 aliphatic heterocycles. The average Bonchev–Trinajstić information content (AvgIpc) is 3.16. The topological polar surface area (TPSA) is 234 Å². The van der Waals surface area contributed by atoms with Crippen LogP contribution in [0.5, 0.6) is 0 Å². The van der Waals surface area contributed by atoms with Gasteiger partial charge in [-0.3, -0.25) is 15.4 Å². The molecule has 0 saturated carbocycles. The van der Waals surface area contributed by atoms with Gasteiger partial charge in [0.1, 0.15) is 63.7 Å². The molecule has 1 aromatic rings. The number of amides is 2. The number of esters is 6. The van der Waals surface area contributed by atoms with Gasteiger partial charge in [0.05, 0.1) is 0 Å². The van der Waals surface area contributed by atoms with Gasteiger partial charge in [-0.05, 0) is 24.6 Å². The van der Waals surface area contributed by atoms with E-state index >= 15 is 0 Å². The number of hydrogen-bond donors (Lipinski definition) is 2. The number of anilines is 2. The molecule has 0 aliphatic rings. The molecule has 2 amide bonds. The fourth-order valence-electron chi connectivity index (χ4n) is 3.74.